The highest BCUT2D eigenvalue weighted by molar-refractivity contribution is 5.93. The number of rotatable bonds is 4. The molecular formula is C17H14N6O2. The van der Waals surface area contributed by atoms with Crippen molar-refractivity contribution in [3.05, 3.63) is 67.0 Å². The predicted octanol–water partition coefficient (Wildman–Crippen LogP) is 2.71. The Labute approximate surface area is 142 Å². The summed E-state index contributed by atoms with van der Waals surface area (Å²) in [6, 6.07) is 10.5. The second-order valence-corrected chi connectivity index (χ2v) is 5.25. The van der Waals surface area contributed by atoms with Crippen molar-refractivity contribution in [3.8, 4) is 11.4 Å². The summed E-state index contributed by atoms with van der Waals surface area (Å²) in [6.07, 6.45) is 6.72. The van der Waals surface area contributed by atoms with E-state index in [1.165, 1.54) is 0 Å². The minimum absolute atomic E-state index is 0.301. The Kier molecular flexibility index (Phi) is 3.83. The van der Waals surface area contributed by atoms with Gasteiger partial charge in [0.2, 0.25) is 0 Å². The number of hydrogen-bond acceptors (Lipinski definition) is 5. The smallest absolute Gasteiger partial charge is 0.319 e. The summed E-state index contributed by atoms with van der Waals surface area (Å²) in [5.74, 6) is 1.22. The monoisotopic (exact) mass is 334 g/mol. The molecule has 0 bridgehead atoms. The van der Waals surface area contributed by atoms with Gasteiger partial charge in [0, 0.05) is 24.2 Å². The largest absolute Gasteiger partial charge is 0.467 e. The van der Waals surface area contributed by atoms with Gasteiger partial charge in [0.05, 0.1) is 18.5 Å². The van der Waals surface area contributed by atoms with Crippen LogP contribution in [0.25, 0.3) is 17.0 Å². The van der Waals surface area contributed by atoms with Crippen molar-refractivity contribution in [2.75, 3.05) is 5.32 Å². The van der Waals surface area contributed by atoms with Crippen molar-refractivity contribution in [1.82, 2.24) is 24.9 Å². The number of aromatic nitrogens is 4. The lowest BCUT2D eigenvalue weighted by molar-refractivity contribution is 0.251. The van der Waals surface area contributed by atoms with Crippen molar-refractivity contribution in [1.29, 1.82) is 0 Å². The Balaban J connectivity index is 1.55. The van der Waals surface area contributed by atoms with Gasteiger partial charge in [-0.25, -0.2) is 14.3 Å². The summed E-state index contributed by atoms with van der Waals surface area (Å²) in [5, 5.41) is 9.92. The van der Waals surface area contributed by atoms with Gasteiger partial charge in [-0.1, -0.05) is 0 Å². The maximum atomic E-state index is 12.1. The number of hydrogen-bond donors (Lipinski definition) is 2. The molecule has 0 unspecified atom stereocenters. The molecule has 0 saturated carbocycles. The topological polar surface area (TPSA) is 97.4 Å². The number of urea groups is 1. The van der Waals surface area contributed by atoms with Crippen molar-refractivity contribution >= 4 is 17.4 Å². The average molecular weight is 334 g/mol. The number of amides is 2. The van der Waals surface area contributed by atoms with E-state index < -0.39 is 0 Å². The van der Waals surface area contributed by atoms with Crippen molar-refractivity contribution in [2.45, 2.75) is 6.54 Å². The molecule has 4 aromatic heterocycles. The first-order valence-corrected chi connectivity index (χ1v) is 7.62. The van der Waals surface area contributed by atoms with E-state index in [0.717, 1.165) is 5.56 Å². The van der Waals surface area contributed by atoms with Crippen LogP contribution in [-0.2, 0) is 6.54 Å². The second-order valence-electron chi connectivity index (χ2n) is 5.25. The Morgan fingerprint density at radius 2 is 2.16 bits per heavy atom. The van der Waals surface area contributed by atoms with Crippen LogP contribution in [-0.4, -0.2) is 25.6 Å². The van der Waals surface area contributed by atoms with Gasteiger partial charge >= 0.3 is 6.03 Å². The minimum Gasteiger partial charge on any atom is -0.467 e. The zero-order chi connectivity index (χ0) is 17.1. The molecule has 124 valence electrons. The van der Waals surface area contributed by atoms with Crippen LogP contribution in [0.3, 0.4) is 0 Å². The van der Waals surface area contributed by atoms with E-state index in [1.807, 2.05) is 12.1 Å². The summed E-state index contributed by atoms with van der Waals surface area (Å²) >= 11 is 0. The van der Waals surface area contributed by atoms with Gasteiger partial charge in [-0.3, -0.25) is 4.98 Å². The van der Waals surface area contributed by atoms with Crippen LogP contribution in [0.2, 0.25) is 0 Å². The van der Waals surface area contributed by atoms with E-state index in [4.69, 9.17) is 4.42 Å². The summed E-state index contributed by atoms with van der Waals surface area (Å²) in [4.78, 5) is 20.7. The van der Waals surface area contributed by atoms with Crippen LogP contribution < -0.4 is 10.6 Å². The first kappa shape index (κ1) is 14.9. The van der Waals surface area contributed by atoms with Gasteiger partial charge in [-0.15, -0.1) is 5.10 Å². The van der Waals surface area contributed by atoms with Crippen LogP contribution in [0.15, 0.2) is 65.7 Å². The summed E-state index contributed by atoms with van der Waals surface area (Å²) < 4.78 is 6.80. The number of furan rings is 1. The Hall–Kier alpha value is -3.68. The number of fused-ring (bicyclic) bond motifs is 1. The third-order valence-electron chi connectivity index (χ3n) is 3.53. The van der Waals surface area contributed by atoms with Crippen molar-refractivity contribution in [3.63, 3.8) is 0 Å². The lowest BCUT2D eigenvalue weighted by Crippen LogP contribution is -2.28. The van der Waals surface area contributed by atoms with Gasteiger partial charge in [0.25, 0.3) is 0 Å². The standard InChI is InChI=1S/C17H14N6O2/c24-17(19-11-13-5-3-9-25-13)20-14-6-2-8-23-16(14)21-15(22-23)12-4-1-7-18-10-12/h1-10H,11H2,(H2,19,20,24). The van der Waals surface area contributed by atoms with E-state index in [0.29, 0.717) is 29.5 Å². The lowest BCUT2D eigenvalue weighted by atomic mass is 10.3. The molecule has 0 atom stereocenters. The fourth-order valence-corrected chi connectivity index (χ4v) is 2.37. The summed E-state index contributed by atoms with van der Waals surface area (Å²) in [6.45, 7) is 0.301. The van der Waals surface area contributed by atoms with Gasteiger partial charge in [0.1, 0.15) is 5.76 Å². The number of nitrogens with one attached hydrogen (secondary N) is 2. The third kappa shape index (κ3) is 3.18. The molecule has 0 aromatic carbocycles. The maximum Gasteiger partial charge on any atom is 0.319 e. The highest BCUT2D eigenvalue weighted by Crippen LogP contribution is 2.19. The molecule has 4 rings (SSSR count). The molecule has 0 spiro atoms. The molecule has 4 aromatic rings. The van der Waals surface area contributed by atoms with E-state index in [-0.39, 0.29) is 6.03 Å². The SMILES string of the molecule is O=C(NCc1ccco1)Nc1cccn2nc(-c3cccnc3)nc12. The first-order valence-electron chi connectivity index (χ1n) is 7.62. The summed E-state index contributed by atoms with van der Waals surface area (Å²) in [7, 11) is 0. The van der Waals surface area contributed by atoms with Crippen LogP contribution in [0.1, 0.15) is 5.76 Å². The van der Waals surface area contributed by atoms with Gasteiger partial charge in [0.15, 0.2) is 11.5 Å². The lowest BCUT2D eigenvalue weighted by Gasteiger charge is -2.06. The Morgan fingerprint density at radius 3 is 2.96 bits per heavy atom. The fourth-order valence-electron chi connectivity index (χ4n) is 2.37. The predicted molar refractivity (Wildman–Crippen MR) is 90.8 cm³/mol. The highest BCUT2D eigenvalue weighted by Gasteiger charge is 2.12. The van der Waals surface area contributed by atoms with Gasteiger partial charge in [-0.2, -0.15) is 0 Å². The Morgan fingerprint density at radius 1 is 1.20 bits per heavy atom. The number of pyridine rings is 2. The normalized spacial score (nSPS) is 10.7. The molecule has 4 heterocycles. The first-order chi connectivity index (χ1) is 12.3. The van der Waals surface area contributed by atoms with Crippen LogP contribution in [0.4, 0.5) is 10.5 Å². The Bertz CT molecular complexity index is 995. The van der Waals surface area contributed by atoms with Crippen molar-refractivity contribution in [2.24, 2.45) is 0 Å². The molecule has 8 nitrogen and oxygen atoms in total. The molecule has 0 radical (unpaired) electrons. The minimum atomic E-state index is -0.351. The van der Waals surface area contributed by atoms with E-state index in [1.54, 1.807) is 53.6 Å². The van der Waals surface area contributed by atoms with Crippen LogP contribution in [0, 0.1) is 0 Å². The second kappa shape index (κ2) is 6.44. The van der Waals surface area contributed by atoms with E-state index in [9.17, 15) is 4.79 Å². The zero-order valence-electron chi connectivity index (χ0n) is 13.1. The van der Waals surface area contributed by atoms with E-state index in [2.05, 4.69) is 25.7 Å². The molecule has 0 saturated heterocycles. The number of carbonyl (C=O) groups is 1. The van der Waals surface area contributed by atoms with Gasteiger partial charge < -0.3 is 15.1 Å². The highest BCUT2D eigenvalue weighted by atomic mass is 16.3. The maximum absolute atomic E-state index is 12.1. The number of anilines is 1. The summed E-state index contributed by atoms with van der Waals surface area (Å²) in [5.41, 5.74) is 1.91. The molecular weight excluding hydrogens is 320 g/mol. The van der Waals surface area contributed by atoms with E-state index >= 15 is 0 Å². The third-order valence-corrected chi connectivity index (χ3v) is 3.53. The molecule has 25 heavy (non-hydrogen) atoms. The zero-order valence-corrected chi connectivity index (χ0v) is 13.1. The molecule has 2 N–H and O–H groups in total. The average Bonchev–Trinajstić information content (AvgIpc) is 3.31. The fraction of sp³-hybridized carbons (Fsp3) is 0.0588. The number of nitrogens with zero attached hydrogens (tertiary/aromatic N) is 4. The molecule has 0 aliphatic rings. The molecule has 8 heteroatoms. The molecule has 2 amide bonds. The molecule has 0 aliphatic heterocycles. The van der Waals surface area contributed by atoms with Crippen LogP contribution >= 0.6 is 0 Å². The van der Waals surface area contributed by atoms with Crippen molar-refractivity contribution < 1.29 is 9.21 Å². The van der Waals surface area contributed by atoms with Gasteiger partial charge in [-0.05, 0) is 36.4 Å². The van der Waals surface area contributed by atoms with Crippen LogP contribution in [0.5, 0.6) is 0 Å². The quantitative estimate of drug-likeness (QED) is 0.598. The molecule has 0 fully saturated rings. The molecule has 0 aliphatic carbocycles. The number of carbonyl (C=O) groups excluding carboxylic acids is 1.